The molecule has 0 aromatic heterocycles. The molecule has 1 aliphatic rings. The van der Waals surface area contributed by atoms with Crippen molar-refractivity contribution in [2.75, 3.05) is 6.61 Å². The quantitative estimate of drug-likeness (QED) is 0.873. The molecule has 0 heterocycles. The Morgan fingerprint density at radius 1 is 1.35 bits per heavy atom. The zero-order valence-electron chi connectivity index (χ0n) is 9.79. The Labute approximate surface area is 117 Å². The molecule has 1 fully saturated rings. The van der Waals surface area contributed by atoms with Gasteiger partial charge in [0.15, 0.2) is 0 Å². The van der Waals surface area contributed by atoms with Gasteiger partial charge < -0.3 is 10.4 Å². The third-order valence-electron chi connectivity index (χ3n) is 3.46. The van der Waals surface area contributed by atoms with E-state index in [1.165, 1.54) is 24.8 Å². The Morgan fingerprint density at radius 3 is 2.65 bits per heavy atom. The van der Waals surface area contributed by atoms with E-state index in [-0.39, 0.29) is 24.6 Å². The third kappa shape index (κ3) is 3.95. The van der Waals surface area contributed by atoms with Gasteiger partial charge in [-0.05, 0) is 43.4 Å². The van der Waals surface area contributed by atoms with Gasteiger partial charge in [-0.15, -0.1) is 12.4 Å². The maximum Gasteiger partial charge on any atom is 0.0448 e. The van der Waals surface area contributed by atoms with Gasteiger partial charge in [-0.1, -0.05) is 28.1 Å². The summed E-state index contributed by atoms with van der Waals surface area (Å²) in [6, 6.07) is 8.36. The van der Waals surface area contributed by atoms with E-state index >= 15 is 0 Å². The van der Waals surface area contributed by atoms with Crippen LogP contribution in [0.3, 0.4) is 0 Å². The van der Waals surface area contributed by atoms with Gasteiger partial charge in [-0.3, -0.25) is 0 Å². The number of benzene rings is 1. The van der Waals surface area contributed by atoms with Gasteiger partial charge in [-0.2, -0.15) is 0 Å². The fraction of sp³-hybridized carbons (Fsp3) is 0.538. The van der Waals surface area contributed by atoms with Crippen LogP contribution in [0.2, 0.25) is 0 Å². The van der Waals surface area contributed by atoms with Crippen LogP contribution in [0.15, 0.2) is 28.7 Å². The molecule has 2 nitrogen and oxygen atoms in total. The first kappa shape index (κ1) is 15.0. The molecule has 96 valence electrons. The van der Waals surface area contributed by atoms with Crippen LogP contribution in [0.5, 0.6) is 0 Å². The Balaban J connectivity index is 0.00000144. The number of aliphatic hydroxyl groups excluding tert-OH is 1. The molecule has 2 rings (SSSR count). The molecule has 0 aliphatic heterocycles. The molecule has 0 spiro atoms. The molecule has 0 bridgehead atoms. The van der Waals surface area contributed by atoms with Crippen LogP contribution < -0.4 is 5.32 Å². The largest absolute Gasteiger partial charge is 0.396 e. The van der Waals surface area contributed by atoms with Gasteiger partial charge >= 0.3 is 0 Å². The first-order valence-corrected chi connectivity index (χ1v) is 6.64. The predicted molar refractivity (Wildman–Crippen MR) is 76.5 cm³/mol. The van der Waals surface area contributed by atoms with Gasteiger partial charge in [0.1, 0.15) is 0 Å². The summed E-state index contributed by atoms with van der Waals surface area (Å²) in [4.78, 5) is 0. The lowest BCUT2D eigenvalue weighted by atomic mass is 9.74. The average molecular weight is 321 g/mol. The van der Waals surface area contributed by atoms with Crippen LogP contribution in [-0.2, 0) is 6.54 Å². The van der Waals surface area contributed by atoms with Crippen molar-refractivity contribution in [1.29, 1.82) is 0 Å². The SMILES string of the molecule is Cl.OCCC1(NCc2cccc(Br)c2)CCC1. The van der Waals surface area contributed by atoms with Crippen molar-refractivity contribution >= 4 is 28.3 Å². The Kier molecular flexibility index (Phi) is 5.93. The average Bonchev–Trinajstić information content (AvgIpc) is 2.22. The summed E-state index contributed by atoms with van der Waals surface area (Å²) in [5.74, 6) is 0. The highest BCUT2D eigenvalue weighted by atomic mass is 79.9. The zero-order chi connectivity index (χ0) is 11.4. The molecule has 4 heteroatoms. The molecular formula is C13H19BrClNO. The molecule has 0 atom stereocenters. The standard InChI is InChI=1S/C13H18BrNO.ClH/c14-12-4-1-3-11(9-12)10-15-13(7-8-16)5-2-6-13;/h1,3-4,9,15-16H,2,5-8,10H2;1H. The number of nitrogens with one attached hydrogen (secondary N) is 1. The van der Waals surface area contributed by atoms with Crippen molar-refractivity contribution in [2.45, 2.75) is 37.8 Å². The van der Waals surface area contributed by atoms with Crippen molar-refractivity contribution in [1.82, 2.24) is 5.32 Å². The Hall–Kier alpha value is -0.0900. The molecule has 17 heavy (non-hydrogen) atoms. The second-order valence-electron chi connectivity index (χ2n) is 4.59. The molecule has 0 radical (unpaired) electrons. The van der Waals surface area contributed by atoms with Crippen molar-refractivity contribution < 1.29 is 5.11 Å². The van der Waals surface area contributed by atoms with Gasteiger partial charge in [-0.25, -0.2) is 0 Å². The predicted octanol–water partition coefficient (Wildman–Crippen LogP) is 3.27. The molecule has 1 saturated carbocycles. The maximum atomic E-state index is 9.06. The zero-order valence-corrected chi connectivity index (χ0v) is 12.2. The molecule has 1 aromatic rings. The van der Waals surface area contributed by atoms with Crippen molar-refractivity contribution in [3.05, 3.63) is 34.3 Å². The first-order valence-electron chi connectivity index (χ1n) is 5.84. The van der Waals surface area contributed by atoms with Crippen LogP contribution in [-0.4, -0.2) is 17.3 Å². The van der Waals surface area contributed by atoms with Crippen LogP contribution >= 0.6 is 28.3 Å². The van der Waals surface area contributed by atoms with E-state index in [9.17, 15) is 0 Å². The van der Waals surface area contributed by atoms with E-state index in [1.807, 2.05) is 6.07 Å². The van der Waals surface area contributed by atoms with Gasteiger partial charge in [0.05, 0.1) is 0 Å². The summed E-state index contributed by atoms with van der Waals surface area (Å²) in [6.07, 6.45) is 4.55. The van der Waals surface area contributed by atoms with E-state index in [1.54, 1.807) is 0 Å². The number of aliphatic hydroxyl groups is 1. The van der Waals surface area contributed by atoms with Gasteiger partial charge in [0, 0.05) is 23.2 Å². The Bertz CT molecular complexity index is 355. The van der Waals surface area contributed by atoms with Crippen LogP contribution in [0.25, 0.3) is 0 Å². The Morgan fingerprint density at radius 2 is 2.12 bits per heavy atom. The van der Waals surface area contributed by atoms with Crippen molar-refractivity contribution in [3.63, 3.8) is 0 Å². The highest BCUT2D eigenvalue weighted by molar-refractivity contribution is 9.10. The molecule has 0 saturated heterocycles. The monoisotopic (exact) mass is 319 g/mol. The highest BCUT2D eigenvalue weighted by Gasteiger charge is 2.35. The fourth-order valence-corrected chi connectivity index (χ4v) is 2.72. The van der Waals surface area contributed by atoms with E-state index < -0.39 is 0 Å². The number of hydrogen-bond acceptors (Lipinski definition) is 2. The van der Waals surface area contributed by atoms with E-state index in [4.69, 9.17) is 5.11 Å². The lowest BCUT2D eigenvalue weighted by molar-refractivity contribution is 0.130. The molecule has 2 N–H and O–H groups in total. The molecule has 1 aromatic carbocycles. The highest BCUT2D eigenvalue weighted by Crippen LogP contribution is 2.34. The number of rotatable bonds is 5. The van der Waals surface area contributed by atoms with Crippen LogP contribution in [0.4, 0.5) is 0 Å². The summed E-state index contributed by atoms with van der Waals surface area (Å²) in [7, 11) is 0. The maximum absolute atomic E-state index is 9.06. The summed E-state index contributed by atoms with van der Waals surface area (Å²) in [5, 5.41) is 12.7. The lowest BCUT2D eigenvalue weighted by Gasteiger charge is -2.42. The van der Waals surface area contributed by atoms with Crippen molar-refractivity contribution in [3.8, 4) is 0 Å². The van der Waals surface area contributed by atoms with Crippen LogP contribution in [0.1, 0.15) is 31.2 Å². The minimum absolute atomic E-state index is 0. The minimum atomic E-state index is 0. The van der Waals surface area contributed by atoms with Gasteiger partial charge in [0.25, 0.3) is 0 Å². The molecule has 1 aliphatic carbocycles. The summed E-state index contributed by atoms with van der Waals surface area (Å²) >= 11 is 3.48. The summed E-state index contributed by atoms with van der Waals surface area (Å²) < 4.78 is 1.12. The number of hydrogen-bond donors (Lipinski definition) is 2. The topological polar surface area (TPSA) is 32.3 Å². The summed E-state index contributed by atoms with van der Waals surface area (Å²) in [5.41, 5.74) is 1.50. The molecule has 0 unspecified atom stereocenters. The summed E-state index contributed by atoms with van der Waals surface area (Å²) in [6.45, 7) is 1.17. The van der Waals surface area contributed by atoms with Crippen LogP contribution in [0, 0.1) is 0 Å². The number of halogens is 2. The third-order valence-corrected chi connectivity index (χ3v) is 3.95. The molecule has 0 amide bonds. The van der Waals surface area contributed by atoms with Crippen molar-refractivity contribution in [2.24, 2.45) is 0 Å². The second-order valence-corrected chi connectivity index (χ2v) is 5.51. The van der Waals surface area contributed by atoms with Gasteiger partial charge in [0.2, 0.25) is 0 Å². The lowest BCUT2D eigenvalue weighted by Crippen LogP contribution is -2.51. The first-order chi connectivity index (χ1) is 7.74. The van der Waals surface area contributed by atoms with E-state index in [0.29, 0.717) is 0 Å². The second kappa shape index (κ2) is 6.74. The minimum Gasteiger partial charge on any atom is -0.396 e. The fourth-order valence-electron chi connectivity index (χ4n) is 2.27. The van der Waals surface area contributed by atoms with E-state index in [2.05, 4.69) is 39.4 Å². The van der Waals surface area contributed by atoms with E-state index in [0.717, 1.165) is 17.4 Å². The normalized spacial score (nSPS) is 17.1. The smallest absolute Gasteiger partial charge is 0.0448 e. The molecular weight excluding hydrogens is 302 g/mol.